The third-order valence-electron chi connectivity index (χ3n) is 3.43. The van der Waals surface area contributed by atoms with E-state index in [1.54, 1.807) is 0 Å². The number of nitrogens with two attached hydrogens (primary N) is 4. The first-order valence-electron chi connectivity index (χ1n) is 7.50. The van der Waals surface area contributed by atoms with Crippen LogP contribution in [0.3, 0.4) is 0 Å². The third kappa shape index (κ3) is 10.2. The Morgan fingerprint density at radius 2 is 1.58 bits per heavy atom. The Balaban J connectivity index is 3.92. The fraction of sp³-hybridized carbons (Fsp3) is 1.00. The predicted octanol–water partition coefficient (Wildman–Crippen LogP) is -1.31. The first-order valence-corrected chi connectivity index (χ1v) is 7.50. The van der Waals surface area contributed by atoms with Gasteiger partial charge in [0, 0.05) is 44.3 Å². The minimum absolute atomic E-state index is 0.212. The lowest BCUT2D eigenvalue weighted by Gasteiger charge is -2.23. The summed E-state index contributed by atoms with van der Waals surface area (Å²) in [7, 11) is 0. The molecule has 3 atom stereocenters. The Bertz CT molecular complexity index is 190. The lowest BCUT2D eigenvalue weighted by molar-refractivity contribution is 0.391. The molecule has 0 fully saturated rings. The van der Waals surface area contributed by atoms with Crippen molar-refractivity contribution in [2.24, 2.45) is 22.9 Å². The van der Waals surface area contributed by atoms with Crippen LogP contribution in [-0.4, -0.2) is 50.8 Å². The zero-order valence-corrected chi connectivity index (χ0v) is 12.4. The highest BCUT2D eigenvalue weighted by Crippen LogP contribution is 2.04. The van der Waals surface area contributed by atoms with Gasteiger partial charge in [-0.2, -0.15) is 0 Å². The van der Waals surface area contributed by atoms with Crippen molar-refractivity contribution in [3.05, 3.63) is 0 Å². The molecule has 116 valence electrons. The number of hydrogen-bond acceptors (Lipinski definition) is 6. The van der Waals surface area contributed by atoms with Crippen molar-refractivity contribution >= 4 is 0 Å². The second kappa shape index (κ2) is 12.8. The molecule has 0 aromatic rings. The highest BCUT2D eigenvalue weighted by atomic mass is 15.0. The molecule has 0 radical (unpaired) electrons. The van der Waals surface area contributed by atoms with E-state index >= 15 is 0 Å². The van der Waals surface area contributed by atoms with Crippen LogP contribution in [0.4, 0.5) is 0 Å². The molecule has 0 saturated carbocycles. The first kappa shape index (κ1) is 18.8. The molecule has 0 amide bonds. The van der Waals surface area contributed by atoms with Crippen molar-refractivity contribution in [2.75, 3.05) is 32.7 Å². The van der Waals surface area contributed by atoms with Crippen molar-refractivity contribution in [2.45, 2.75) is 50.7 Å². The van der Waals surface area contributed by atoms with E-state index in [4.69, 9.17) is 22.9 Å². The molecular weight excluding hydrogens is 240 g/mol. The van der Waals surface area contributed by atoms with Gasteiger partial charge in [0.1, 0.15) is 0 Å². The lowest BCUT2D eigenvalue weighted by Crippen LogP contribution is -2.44. The summed E-state index contributed by atoms with van der Waals surface area (Å²) in [5, 5.41) is 6.87. The highest BCUT2D eigenvalue weighted by molar-refractivity contribution is 4.76. The largest absolute Gasteiger partial charge is 0.330 e. The van der Waals surface area contributed by atoms with E-state index in [0.29, 0.717) is 31.7 Å². The molecule has 10 N–H and O–H groups in total. The minimum Gasteiger partial charge on any atom is -0.330 e. The van der Waals surface area contributed by atoms with Gasteiger partial charge in [-0.05, 0) is 32.2 Å². The van der Waals surface area contributed by atoms with Gasteiger partial charge in [0.2, 0.25) is 0 Å². The summed E-state index contributed by atoms with van der Waals surface area (Å²) in [6, 6.07) is 0.978. The molecule has 0 rings (SSSR count). The van der Waals surface area contributed by atoms with Gasteiger partial charge >= 0.3 is 0 Å². The molecule has 0 bridgehead atoms. The van der Waals surface area contributed by atoms with Gasteiger partial charge in [0.15, 0.2) is 0 Å². The van der Waals surface area contributed by atoms with Crippen LogP contribution in [0.5, 0.6) is 0 Å². The lowest BCUT2D eigenvalue weighted by atomic mass is 10.0. The van der Waals surface area contributed by atoms with E-state index in [1.165, 1.54) is 0 Å². The Hall–Kier alpha value is -0.240. The van der Waals surface area contributed by atoms with Crippen molar-refractivity contribution in [1.29, 1.82) is 0 Å². The molecule has 6 heteroatoms. The molecule has 0 aliphatic carbocycles. The normalized spacial score (nSPS) is 16.3. The van der Waals surface area contributed by atoms with Crippen LogP contribution in [-0.2, 0) is 0 Å². The molecule has 19 heavy (non-hydrogen) atoms. The summed E-state index contributed by atoms with van der Waals surface area (Å²) in [6.45, 7) is 5.76. The third-order valence-corrected chi connectivity index (χ3v) is 3.43. The summed E-state index contributed by atoms with van der Waals surface area (Å²) >= 11 is 0. The van der Waals surface area contributed by atoms with E-state index < -0.39 is 0 Å². The van der Waals surface area contributed by atoms with Crippen molar-refractivity contribution in [1.82, 2.24) is 10.6 Å². The molecule has 0 aromatic heterocycles. The molecule has 6 nitrogen and oxygen atoms in total. The van der Waals surface area contributed by atoms with E-state index in [1.807, 2.05) is 0 Å². The standard InChI is InChI=1S/C13H34N6/c1-2-11(17)10-19-13(9-16)4-3-12(5-6-14)18-8-7-15/h11-13,18-19H,2-10,14-17H2,1H3. The second-order valence-corrected chi connectivity index (χ2v) is 5.10. The molecule has 0 aliphatic heterocycles. The monoisotopic (exact) mass is 274 g/mol. The van der Waals surface area contributed by atoms with E-state index in [2.05, 4.69) is 17.6 Å². The Kier molecular flexibility index (Phi) is 12.6. The van der Waals surface area contributed by atoms with Crippen molar-refractivity contribution < 1.29 is 0 Å². The molecular formula is C13H34N6. The van der Waals surface area contributed by atoms with Gasteiger partial charge in [-0.25, -0.2) is 0 Å². The molecule has 0 aliphatic rings. The van der Waals surface area contributed by atoms with Crippen LogP contribution in [0.25, 0.3) is 0 Å². The Morgan fingerprint density at radius 3 is 2.11 bits per heavy atom. The molecule has 0 heterocycles. The topological polar surface area (TPSA) is 128 Å². The first-order chi connectivity index (χ1) is 9.17. The van der Waals surface area contributed by atoms with Gasteiger partial charge < -0.3 is 33.6 Å². The Morgan fingerprint density at radius 1 is 0.895 bits per heavy atom. The van der Waals surface area contributed by atoms with Gasteiger partial charge in [-0.3, -0.25) is 0 Å². The van der Waals surface area contributed by atoms with Gasteiger partial charge in [0.05, 0.1) is 0 Å². The zero-order valence-electron chi connectivity index (χ0n) is 12.4. The summed E-state index contributed by atoms with van der Waals surface area (Å²) in [4.78, 5) is 0. The van der Waals surface area contributed by atoms with Gasteiger partial charge in [0.25, 0.3) is 0 Å². The van der Waals surface area contributed by atoms with Crippen LogP contribution in [0.1, 0.15) is 32.6 Å². The number of rotatable bonds is 13. The molecule has 0 spiro atoms. The van der Waals surface area contributed by atoms with Crippen molar-refractivity contribution in [3.8, 4) is 0 Å². The summed E-state index contributed by atoms with van der Waals surface area (Å²) in [5.41, 5.74) is 22.8. The molecule has 0 saturated heterocycles. The summed E-state index contributed by atoms with van der Waals surface area (Å²) in [5.74, 6) is 0. The van der Waals surface area contributed by atoms with Gasteiger partial charge in [-0.15, -0.1) is 0 Å². The van der Waals surface area contributed by atoms with Crippen LogP contribution in [0.2, 0.25) is 0 Å². The van der Waals surface area contributed by atoms with Crippen LogP contribution >= 0.6 is 0 Å². The Labute approximate surface area is 118 Å². The van der Waals surface area contributed by atoms with Crippen LogP contribution in [0, 0.1) is 0 Å². The second-order valence-electron chi connectivity index (χ2n) is 5.10. The number of nitrogens with one attached hydrogen (secondary N) is 2. The number of hydrogen-bond donors (Lipinski definition) is 6. The SMILES string of the molecule is CCC(N)CNC(CN)CCC(CCN)NCCN. The van der Waals surface area contributed by atoms with Crippen LogP contribution in [0.15, 0.2) is 0 Å². The van der Waals surface area contributed by atoms with Crippen molar-refractivity contribution in [3.63, 3.8) is 0 Å². The average Bonchev–Trinajstić information content (AvgIpc) is 2.44. The fourth-order valence-electron chi connectivity index (χ4n) is 2.01. The zero-order chi connectivity index (χ0) is 14.5. The smallest absolute Gasteiger partial charge is 0.0191 e. The maximum absolute atomic E-state index is 5.90. The quantitative estimate of drug-likeness (QED) is 0.247. The molecule has 3 unspecified atom stereocenters. The van der Waals surface area contributed by atoms with E-state index in [9.17, 15) is 0 Å². The van der Waals surface area contributed by atoms with E-state index in [0.717, 1.165) is 38.8 Å². The maximum atomic E-state index is 5.90. The average molecular weight is 274 g/mol. The highest BCUT2D eigenvalue weighted by Gasteiger charge is 2.12. The predicted molar refractivity (Wildman–Crippen MR) is 82.9 cm³/mol. The minimum atomic E-state index is 0.212. The van der Waals surface area contributed by atoms with E-state index in [-0.39, 0.29) is 6.04 Å². The summed E-state index contributed by atoms with van der Waals surface area (Å²) < 4.78 is 0. The van der Waals surface area contributed by atoms with Gasteiger partial charge in [-0.1, -0.05) is 6.92 Å². The maximum Gasteiger partial charge on any atom is 0.0191 e. The molecule has 0 aromatic carbocycles. The van der Waals surface area contributed by atoms with Crippen LogP contribution < -0.4 is 33.6 Å². The fourth-order valence-corrected chi connectivity index (χ4v) is 2.01. The summed E-state index contributed by atoms with van der Waals surface area (Å²) in [6.07, 6.45) is 4.06.